The molecule has 0 aliphatic rings. The van der Waals surface area contributed by atoms with Gasteiger partial charge in [0.15, 0.2) is 0 Å². The molecular weight excluding hydrogens is 244 g/mol. The first kappa shape index (κ1) is 15.3. The number of hydrogen-bond acceptors (Lipinski definition) is 4. The summed E-state index contributed by atoms with van der Waals surface area (Å²) in [7, 11) is 1.69. The van der Waals surface area contributed by atoms with Crippen LogP contribution in [0.3, 0.4) is 0 Å². The number of hydrazine groups is 1. The molecule has 0 heterocycles. The lowest BCUT2D eigenvalue weighted by Gasteiger charge is -2.16. The summed E-state index contributed by atoms with van der Waals surface area (Å²) in [5, 5.41) is 0. The Morgan fingerprint density at radius 2 is 2.11 bits per heavy atom. The van der Waals surface area contributed by atoms with Gasteiger partial charge in [0.2, 0.25) is 0 Å². The second kappa shape index (κ2) is 8.40. The number of ether oxygens (including phenoxy) is 1. The van der Waals surface area contributed by atoms with E-state index >= 15 is 0 Å². The lowest BCUT2D eigenvalue weighted by atomic mass is 10.1. The molecule has 0 spiro atoms. The Labute approximate surface area is 114 Å². The maximum atomic E-state index is 5.61. The highest BCUT2D eigenvalue weighted by molar-refractivity contribution is 7.99. The van der Waals surface area contributed by atoms with Crippen LogP contribution in [0.15, 0.2) is 24.3 Å². The van der Waals surface area contributed by atoms with Gasteiger partial charge in [-0.15, -0.1) is 0 Å². The highest BCUT2D eigenvalue weighted by atomic mass is 32.2. The van der Waals surface area contributed by atoms with Crippen LogP contribution in [-0.2, 0) is 6.42 Å². The first-order valence-electron chi connectivity index (χ1n) is 6.32. The molecule has 0 saturated carbocycles. The minimum Gasteiger partial charge on any atom is -0.497 e. The molecule has 4 heteroatoms. The van der Waals surface area contributed by atoms with Crippen LogP contribution in [0.5, 0.6) is 5.75 Å². The molecule has 3 N–H and O–H groups in total. The van der Waals surface area contributed by atoms with Crippen molar-refractivity contribution in [2.45, 2.75) is 26.3 Å². The summed E-state index contributed by atoms with van der Waals surface area (Å²) in [4.78, 5) is 0. The van der Waals surface area contributed by atoms with E-state index in [1.54, 1.807) is 7.11 Å². The molecule has 1 aromatic rings. The number of methoxy groups -OCH3 is 1. The van der Waals surface area contributed by atoms with Gasteiger partial charge in [-0.25, -0.2) is 0 Å². The Balaban J connectivity index is 2.46. The molecule has 102 valence electrons. The van der Waals surface area contributed by atoms with E-state index in [1.165, 1.54) is 11.3 Å². The minimum absolute atomic E-state index is 0.306. The van der Waals surface area contributed by atoms with Crippen LogP contribution in [0, 0.1) is 5.92 Å². The van der Waals surface area contributed by atoms with Crippen LogP contribution in [0.25, 0.3) is 0 Å². The first-order valence-corrected chi connectivity index (χ1v) is 7.48. The quantitative estimate of drug-likeness (QED) is 0.561. The molecule has 0 aliphatic heterocycles. The Kier molecular flexibility index (Phi) is 7.16. The van der Waals surface area contributed by atoms with Crippen LogP contribution < -0.4 is 16.0 Å². The number of thioether (sulfide) groups is 1. The van der Waals surface area contributed by atoms with E-state index in [-0.39, 0.29) is 0 Å². The number of hydrogen-bond donors (Lipinski definition) is 2. The molecule has 0 aliphatic carbocycles. The average molecular weight is 268 g/mol. The molecule has 0 radical (unpaired) electrons. The van der Waals surface area contributed by atoms with Crippen molar-refractivity contribution in [3.05, 3.63) is 29.8 Å². The van der Waals surface area contributed by atoms with Crippen molar-refractivity contribution in [3.63, 3.8) is 0 Å². The van der Waals surface area contributed by atoms with Crippen molar-refractivity contribution in [2.75, 3.05) is 18.6 Å². The van der Waals surface area contributed by atoms with Crippen LogP contribution in [0.1, 0.15) is 19.4 Å². The molecule has 1 rings (SSSR count). The lowest BCUT2D eigenvalue weighted by Crippen LogP contribution is -2.38. The van der Waals surface area contributed by atoms with Crippen molar-refractivity contribution in [1.82, 2.24) is 5.43 Å². The topological polar surface area (TPSA) is 47.3 Å². The zero-order valence-corrected chi connectivity index (χ0v) is 12.3. The second-order valence-electron chi connectivity index (χ2n) is 4.85. The maximum absolute atomic E-state index is 5.61. The summed E-state index contributed by atoms with van der Waals surface area (Å²) in [6.07, 6.45) is 0.929. The molecule has 0 aromatic heterocycles. The summed E-state index contributed by atoms with van der Waals surface area (Å²) in [5.41, 5.74) is 4.15. The predicted octanol–water partition coefficient (Wildman–Crippen LogP) is 2.46. The Hall–Kier alpha value is -0.710. The van der Waals surface area contributed by atoms with E-state index in [0.717, 1.165) is 23.8 Å². The molecule has 18 heavy (non-hydrogen) atoms. The van der Waals surface area contributed by atoms with Gasteiger partial charge in [0.25, 0.3) is 0 Å². The molecule has 0 bridgehead atoms. The zero-order valence-electron chi connectivity index (χ0n) is 11.5. The third-order valence-electron chi connectivity index (χ3n) is 2.62. The zero-order chi connectivity index (χ0) is 13.4. The fraction of sp³-hybridized carbons (Fsp3) is 0.571. The summed E-state index contributed by atoms with van der Waals surface area (Å²) in [6, 6.07) is 8.46. The number of rotatable bonds is 8. The van der Waals surface area contributed by atoms with Gasteiger partial charge >= 0.3 is 0 Å². The molecule has 1 unspecified atom stereocenters. The van der Waals surface area contributed by atoms with Gasteiger partial charge in [0, 0.05) is 11.8 Å². The molecule has 3 nitrogen and oxygen atoms in total. The summed E-state index contributed by atoms with van der Waals surface area (Å²) >= 11 is 1.95. The van der Waals surface area contributed by atoms with Gasteiger partial charge in [-0.05, 0) is 35.8 Å². The summed E-state index contributed by atoms with van der Waals surface area (Å²) in [6.45, 7) is 4.47. The second-order valence-corrected chi connectivity index (χ2v) is 5.93. The Morgan fingerprint density at radius 3 is 2.72 bits per heavy atom. The van der Waals surface area contributed by atoms with E-state index in [2.05, 4.69) is 31.4 Å². The largest absolute Gasteiger partial charge is 0.497 e. The van der Waals surface area contributed by atoms with E-state index in [0.29, 0.717) is 6.04 Å². The van der Waals surface area contributed by atoms with Crippen molar-refractivity contribution >= 4 is 11.8 Å². The van der Waals surface area contributed by atoms with Crippen LogP contribution in [0.4, 0.5) is 0 Å². The van der Waals surface area contributed by atoms with Crippen molar-refractivity contribution < 1.29 is 4.74 Å². The number of nitrogens with one attached hydrogen (secondary N) is 1. The predicted molar refractivity (Wildman–Crippen MR) is 80.0 cm³/mol. The third kappa shape index (κ3) is 5.76. The molecule has 1 atom stereocenters. The van der Waals surface area contributed by atoms with Gasteiger partial charge in [-0.1, -0.05) is 26.0 Å². The smallest absolute Gasteiger partial charge is 0.119 e. The molecular formula is C14H24N2OS. The monoisotopic (exact) mass is 268 g/mol. The lowest BCUT2D eigenvalue weighted by molar-refractivity contribution is 0.414. The maximum Gasteiger partial charge on any atom is 0.119 e. The number of nitrogens with two attached hydrogens (primary N) is 1. The van der Waals surface area contributed by atoms with Gasteiger partial charge in [-0.3, -0.25) is 11.3 Å². The van der Waals surface area contributed by atoms with Gasteiger partial charge in [0.1, 0.15) is 5.75 Å². The van der Waals surface area contributed by atoms with Crippen molar-refractivity contribution in [1.29, 1.82) is 0 Å². The summed E-state index contributed by atoms with van der Waals surface area (Å²) in [5.74, 6) is 9.45. The van der Waals surface area contributed by atoms with E-state index in [4.69, 9.17) is 10.6 Å². The molecule has 1 aromatic carbocycles. The average Bonchev–Trinajstić information content (AvgIpc) is 2.37. The van der Waals surface area contributed by atoms with E-state index in [1.807, 2.05) is 23.9 Å². The molecule has 0 fully saturated rings. The third-order valence-corrected chi connectivity index (χ3v) is 4.16. The number of benzene rings is 1. The van der Waals surface area contributed by atoms with Gasteiger partial charge in [-0.2, -0.15) is 11.8 Å². The fourth-order valence-corrected chi connectivity index (χ4v) is 2.80. The standard InChI is InChI=1S/C14H24N2OS/c1-11(2)9-18-10-13(16-15)7-12-5-4-6-14(8-12)17-3/h4-6,8,11,13,16H,7,9-10,15H2,1-3H3. The summed E-state index contributed by atoms with van der Waals surface area (Å²) < 4.78 is 5.23. The molecule has 0 saturated heterocycles. The van der Waals surface area contributed by atoms with E-state index in [9.17, 15) is 0 Å². The highest BCUT2D eigenvalue weighted by Crippen LogP contribution is 2.16. The van der Waals surface area contributed by atoms with Crippen LogP contribution in [-0.4, -0.2) is 24.7 Å². The highest BCUT2D eigenvalue weighted by Gasteiger charge is 2.09. The Bertz CT molecular complexity index is 344. The van der Waals surface area contributed by atoms with E-state index < -0.39 is 0 Å². The first-order chi connectivity index (χ1) is 8.65. The minimum atomic E-state index is 0.306. The van der Waals surface area contributed by atoms with Crippen molar-refractivity contribution in [2.24, 2.45) is 11.8 Å². The van der Waals surface area contributed by atoms with Gasteiger partial charge in [0.05, 0.1) is 7.11 Å². The van der Waals surface area contributed by atoms with Crippen LogP contribution in [0.2, 0.25) is 0 Å². The fourth-order valence-electron chi connectivity index (χ4n) is 1.70. The Morgan fingerprint density at radius 1 is 1.33 bits per heavy atom. The molecule has 0 amide bonds. The SMILES string of the molecule is COc1cccc(CC(CSCC(C)C)NN)c1. The van der Waals surface area contributed by atoms with Crippen LogP contribution >= 0.6 is 11.8 Å². The van der Waals surface area contributed by atoms with Crippen molar-refractivity contribution in [3.8, 4) is 5.75 Å². The normalized spacial score (nSPS) is 12.7. The van der Waals surface area contributed by atoms with Gasteiger partial charge < -0.3 is 4.74 Å².